The molecule has 0 atom stereocenters. The van der Waals surface area contributed by atoms with Crippen LogP contribution in [0, 0.1) is 25.1 Å². The Bertz CT molecular complexity index is 1180. The molecule has 0 fully saturated rings. The van der Waals surface area contributed by atoms with Crippen LogP contribution < -0.4 is 0 Å². The Kier molecular flexibility index (Phi) is 6.93. The summed E-state index contributed by atoms with van der Waals surface area (Å²) in [5.41, 5.74) is 3.71. The molecule has 0 radical (unpaired) electrons. The lowest BCUT2D eigenvalue weighted by molar-refractivity contribution is -0.114. The van der Waals surface area contributed by atoms with E-state index in [2.05, 4.69) is 17.0 Å². The molecule has 3 heterocycles. The molecule has 0 aliphatic carbocycles. The van der Waals surface area contributed by atoms with Gasteiger partial charge in [-0.15, -0.1) is 0 Å². The Labute approximate surface area is 197 Å². The van der Waals surface area contributed by atoms with E-state index in [0.717, 1.165) is 46.9 Å². The number of rotatable bonds is 8. The van der Waals surface area contributed by atoms with Crippen LogP contribution in [-0.2, 0) is 4.79 Å². The molecule has 6 nitrogen and oxygen atoms in total. The van der Waals surface area contributed by atoms with Crippen molar-refractivity contribution in [2.75, 3.05) is 0 Å². The van der Waals surface area contributed by atoms with Crippen molar-refractivity contribution in [3.63, 3.8) is 0 Å². The molecule has 1 aromatic heterocycles. The van der Waals surface area contributed by atoms with Crippen molar-refractivity contribution in [2.24, 2.45) is 10.1 Å². The van der Waals surface area contributed by atoms with Gasteiger partial charge >= 0.3 is 0 Å². The van der Waals surface area contributed by atoms with E-state index in [1.54, 1.807) is 18.2 Å². The van der Waals surface area contributed by atoms with E-state index in [9.17, 15) is 9.18 Å². The number of fused-ring (bicyclic) bond motifs is 1. The molecule has 0 saturated carbocycles. The van der Waals surface area contributed by atoms with Gasteiger partial charge in [-0.1, -0.05) is 32.6 Å². The van der Waals surface area contributed by atoms with Crippen LogP contribution in [0.5, 0.6) is 0 Å². The van der Waals surface area contributed by atoms with E-state index in [4.69, 9.17) is 5.41 Å². The van der Waals surface area contributed by atoms with Gasteiger partial charge in [-0.2, -0.15) is 15.1 Å². The summed E-state index contributed by atoms with van der Waals surface area (Å²) in [6.45, 7) is 6.09. The predicted molar refractivity (Wildman–Crippen MR) is 134 cm³/mol. The number of benzene rings is 1. The molecule has 4 rings (SSSR count). The summed E-state index contributed by atoms with van der Waals surface area (Å²) >= 11 is 1.38. The third-order valence-electron chi connectivity index (χ3n) is 5.85. The molecule has 0 saturated heterocycles. The second kappa shape index (κ2) is 9.87. The average molecular weight is 466 g/mol. The SMILES string of the molecule is CCCCCCCC1=NN2C(=N)/C(=C\c3cc(C)n(-c4ccc(F)cc4)c3C)C(=O)N=C2S1. The number of amides is 1. The fourth-order valence-electron chi connectivity index (χ4n) is 4.09. The first-order valence-electron chi connectivity index (χ1n) is 11.3. The minimum atomic E-state index is -0.426. The predicted octanol–water partition coefficient (Wildman–Crippen LogP) is 6.21. The zero-order chi connectivity index (χ0) is 23.5. The van der Waals surface area contributed by atoms with Gasteiger partial charge in [0, 0.05) is 17.1 Å². The number of carbonyl (C=O) groups excluding carboxylic acids is 1. The number of aliphatic imine (C=N–C) groups is 1. The number of hydrogen-bond acceptors (Lipinski definition) is 4. The van der Waals surface area contributed by atoms with Crippen LogP contribution in [0.25, 0.3) is 11.8 Å². The maximum atomic E-state index is 13.3. The lowest BCUT2D eigenvalue weighted by atomic mass is 10.1. The zero-order valence-electron chi connectivity index (χ0n) is 19.2. The van der Waals surface area contributed by atoms with Gasteiger partial charge in [0.05, 0.1) is 5.57 Å². The van der Waals surface area contributed by atoms with Gasteiger partial charge in [-0.3, -0.25) is 10.2 Å². The number of aromatic nitrogens is 1. The molecule has 8 heteroatoms. The standard InChI is InChI=1S/C25H28FN5OS/c1-4-5-6-7-8-9-22-29-31-23(27)21(24(32)28-25(31)33-22)15-18-14-16(2)30(17(18)3)20-12-10-19(26)11-13-20/h10-15,27H,4-9H2,1-3H3/b21-15+,27-23?. The Hall–Kier alpha value is -3.00. The minimum absolute atomic E-state index is 0.0464. The number of unbranched alkanes of at least 4 members (excludes halogenated alkanes) is 4. The summed E-state index contributed by atoms with van der Waals surface area (Å²) in [6.07, 6.45) is 8.42. The maximum Gasteiger partial charge on any atom is 0.283 e. The monoisotopic (exact) mass is 465 g/mol. The number of halogens is 1. The normalized spacial score (nSPS) is 17.0. The first kappa shape index (κ1) is 23.2. The van der Waals surface area contributed by atoms with Gasteiger partial charge in [-0.05, 0) is 80.4 Å². The van der Waals surface area contributed by atoms with E-state index >= 15 is 0 Å². The molecule has 1 aromatic carbocycles. The van der Waals surface area contributed by atoms with Crippen LogP contribution in [0.4, 0.5) is 4.39 Å². The molecule has 1 N–H and O–H groups in total. The number of carbonyl (C=O) groups is 1. The molecule has 1 amide bonds. The van der Waals surface area contributed by atoms with Crippen molar-refractivity contribution in [3.05, 3.63) is 58.7 Å². The van der Waals surface area contributed by atoms with E-state index < -0.39 is 5.91 Å². The molecule has 172 valence electrons. The van der Waals surface area contributed by atoms with Crippen molar-refractivity contribution >= 4 is 39.8 Å². The number of thioether (sulfide) groups is 1. The highest BCUT2D eigenvalue weighted by molar-refractivity contribution is 8.26. The van der Waals surface area contributed by atoms with E-state index in [0.29, 0.717) is 5.17 Å². The highest BCUT2D eigenvalue weighted by Gasteiger charge is 2.35. The number of aryl methyl sites for hydroxylation is 1. The van der Waals surface area contributed by atoms with Crippen LogP contribution in [0.1, 0.15) is 62.4 Å². The molecule has 2 aliphatic rings. The Balaban J connectivity index is 1.55. The first-order valence-corrected chi connectivity index (χ1v) is 12.1. The Morgan fingerprint density at radius 2 is 1.85 bits per heavy atom. The van der Waals surface area contributed by atoms with Crippen molar-refractivity contribution in [3.8, 4) is 5.69 Å². The van der Waals surface area contributed by atoms with Crippen LogP contribution in [0.3, 0.4) is 0 Å². The molecular weight excluding hydrogens is 437 g/mol. The van der Waals surface area contributed by atoms with Gasteiger partial charge in [0.25, 0.3) is 5.91 Å². The lowest BCUT2D eigenvalue weighted by Gasteiger charge is -2.20. The first-order chi connectivity index (χ1) is 15.9. The zero-order valence-corrected chi connectivity index (χ0v) is 20.0. The number of nitrogens with zero attached hydrogens (tertiary/aromatic N) is 4. The van der Waals surface area contributed by atoms with E-state index in [1.165, 1.54) is 48.2 Å². The van der Waals surface area contributed by atoms with Crippen molar-refractivity contribution in [2.45, 2.75) is 59.3 Å². The van der Waals surface area contributed by atoms with Gasteiger partial charge in [0.1, 0.15) is 10.9 Å². The molecular formula is C25H28FN5OS. The Morgan fingerprint density at radius 3 is 2.58 bits per heavy atom. The topological polar surface area (TPSA) is 73.8 Å². The summed E-state index contributed by atoms with van der Waals surface area (Å²) in [7, 11) is 0. The second-order valence-corrected chi connectivity index (χ2v) is 9.36. The highest BCUT2D eigenvalue weighted by Crippen LogP contribution is 2.31. The molecule has 33 heavy (non-hydrogen) atoms. The minimum Gasteiger partial charge on any atom is -0.318 e. The number of hydrogen-bond donors (Lipinski definition) is 1. The number of amidine groups is 2. The van der Waals surface area contributed by atoms with E-state index in [-0.39, 0.29) is 17.2 Å². The smallest absolute Gasteiger partial charge is 0.283 e. The van der Waals surface area contributed by atoms with Crippen molar-refractivity contribution in [1.82, 2.24) is 9.58 Å². The summed E-state index contributed by atoms with van der Waals surface area (Å²) in [5, 5.41) is 16.0. The molecule has 2 aliphatic heterocycles. The fourth-order valence-corrected chi connectivity index (χ4v) is 5.02. The molecule has 0 bridgehead atoms. The summed E-state index contributed by atoms with van der Waals surface area (Å²) < 4.78 is 15.3. The molecule has 0 unspecified atom stereocenters. The summed E-state index contributed by atoms with van der Waals surface area (Å²) in [4.78, 5) is 17.0. The number of hydrazone groups is 1. The van der Waals surface area contributed by atoms with E-state index in [1.807, 2.05) is 24.5 Å². The van der Waals surface area contributed by atoms with Crippen LogP contribution in [0.2, 0.25) is 0 Å². The summed E-state index contributed by atoms with van der Waals surface area (Å²) in [5.74, 6) is -0.669. The third kappa shape index (κ3) is 4.85. The fraction of sp³-hybridized carbons (Fsp3) is 0.360. The van der Waals surface area contributed by atoms with Crippen LogP contribution in [0.15, 0.2) is 46.0 Å². The molecule has 2 aromatic rings. The van der Waals surface area contributed by atoms with Crippen molar-refractivity contribution in [1.29, 1.82) is 5.41 Å². The molecule has 0 spiro atoms. The number of nitrogens with one attached hydrogen (secondary N) is 1. The van der Waals surface area contributed by atoms with Gasteiger partial charge < -0.3 is 4.57 Å². The maximum absolute atomic E-state index is 13.3. The average Bonchev–Trinajstić information content (AvgIpc) is 3.31. The largest absolute Gasteiger partial charge is 0.318 e. The van der Waals surface area contributed by atoms with Gasteiger partial charge in [-0.25, -0.2) is 4.39 Å². The van der Waals surface area contributed by atoms with Crippen LogP contribution >= 0.6 is 11.8 Å². The quantitative estimate of drug-likeness (QED) is 0.372. The van der Waals surface area contributed by atoms with Crippen LogP contribution in [-0.4, -0.2) is 31.5 Å². The third-order valence-corrected chi connectivity index (χ3v) is 6.81. The lowest BCUT2D eigenvalue weighted by Crippen LogP contribution is -2.35. The Morgan fingerprint density at radius 1 is 1.12 bits per heavy atom. The second-order valence-electron chi connectivity index (χ2n) is 8.32. The van der Waals surface area contributed by atoms with Crippen molar-refractivity contribution < 1.29 is 9.18 Å². The van der Waals surface area contributed by atoms with Gasteiger partial charge in [0.2, 0.25) is 5.17 Å². The highest BCUT2D eigenvalue weighted by atomic mass is 32.2. The summed E-state index contributed by atoms with van der Waals surface area (Å²) in [6, 6.07) is 8.24. The van der Waals surface area contributed by atoms with Gasteiger partial charge in [0.15, 0.2) is 5.84 Å².